The van der Waals surface area contributed by atoms with Gasteiger partial charge < -0.3 is 15.2 Å². The number of aliphatic hydroxyl groups excluding tert-OH is 1. The Morgan fingerprint density at radius 3 is 2.71 bits per heavy atom. The van der Waals surface area contributed by atoms with Crippen LogP contribution >= 0.6 is 0 Å². The molecule has 1 aromatic rings. The zero-order valence-corrected chi connectivity index (χ0v) is 13.1. The van der Waals surface area contributed by atoms with Gasteiger partial charge in [-0.1, -0.05) is 32.8 Å². The molecule has 0 aliphatic heterocycles. The maximum atomic E-state index is 12.0. The minimum atomic E-state index is -0.0628. The number of amides is 1. The lowest BCUT2D eigenvalue weighted by Gasteiger charge is -2.10. The van der Waals surface area contributed by atoms with Crippen LogP contribution in [0.4, 0.5) is 0 Å². The van der Waals surface area contributed by atoms with Crippen molar-refractivity contribution in [3.05, 3.63) is 29.8 Å². The topological polar surface area (TPSA) is 58.6 Å². The second-order valence-corrected chi connectivity index (χ2v) is 5.63. The standard InChI is InChI=1S/C17H27NO3/c1-14(2)13-21-16-9-7-8-15(12-16)17(20)18-10-5-3-4-6-11-19/h7-9,12,14,19H,3-6,10-11,13H2,1-2H3,(H,18,20). The van der Waals surface area contributed by atoms with Gasteiger partial charge in [-0.2, -0.15) is 0 Å². The molecular formula is C17H27NO3. The zero-order valence-electron chi connectivity index (χ0n) is 13.1. The number of benzene rings is 1. The summed E-state index contributed by atoms with van der Waals surface area (Å²) < 4.78 is 5.62. The molecule has 0 radical (unpaired) electrons. The Morgan fingerprint density at radius 2 is 2.00 bits per heavy atom. The number of unbranched alkanes of at least 4 members (excludes halogenated alkanes) is 3. The Kier molecular flexibility index (Phi) is 8.51. The molecule has 0 unspecified atom stereocenters. The van der Waals surface area contributed by atoms with Crippen molar-refractivity contribution < 1.29 is 14.6 Å². The fourth-order valence-corrected chi connectivity index (χ4v) is 1.88. The van der Waals surface area contributed by atoms with Crippen molar-refractivity contribution in [2.75, 3.05) is 19.8 Å². The van der Waals surface area contributed by atoms with E-state index >= 15 is 0 Å². The highest BCUT2D eigenvalue weighted by Crippen LogP contribution is 2.14. The molecule has 0 aliphatic carbocycles. The van der Waals surface area contributed by atoms with Gasteiger partial charge in [-0.25, -0.2) is 0 Å². The van der Waals surface area contributed by atoms with E-state index in [1.807, 2.05) is 12.1 Å². The van der Waals surface area contributed by atoms with Gasteiger partial charge in [0.2, 0.25) is 0 Å². The molecule has 1 aromatic carbocycles. The van der Waals surface area contributed by atoms with Gasteiger partial charge in [-0.05, 0) is 37.0 Å². The van der Waals surface area contributed by atoms with E-state index in [-0.39, 0.29) is 12.5 Å². The molecule has 2 N–H and O–H groups in total. The number of carbonyl (C=O) groups excluding carboxylic acids is 1. The van der Waals surface area contributed by atoms with Crippen LogP contribution in [0.2, 0.25) is 0 Å². The number of ether oxygens (including phenoxy) is 1. The normalized spacial score (nSPS) is 10.7. The van der Waals surface area contributed by atoms with Crippen LogP contribution in [0.1, 0.15) is 49.9 Å². The summed E-state index contributed by atoms with van der Waals surface area (Å²) >= 11 is 0. The average Bonchev–Trinajstić information content (AvgIpc) is 2.48. The second-order valence-electron chi connectivity index (χ2n) is 5.63. The lowest BCUT2D eigenvalue weighted by Crippen LogP contribution is -2.24. The summed E-state index contributed by atoms with van der Waals surface area (Å²) in [6.45, 7) is 5.74. The first-order valence-electron chi connectivity index (χ1n) is 7.75. The fraction of sp³-hybridized carbons (Fsp3) is 0.588. The second kappa shape index (κ2) is 10.2. The Labute approximate surface area is 127 Å². The molecule has 118 valence electrons. The highest BCUT2D eigenvalue weighted by atomic mass is 16.5. The molecule has 4 nitrogen and oxygen atoms in total. The smallest absolute Gasteiger partial charge is 0.251 e. The summed E-state index contributed by atoms with van der Waals surface area (Å²) in [4.78, 5) is 12.0. The van der Waals surface area contributed by atoms with E-state index in [1.54, 1.807) is 12.1 Å². The number of hydrogen-bond acceptors (Lipinski definition) is 3. The van der Waals surface area contributed by atoms with Gasteiger partial charge in [0.15, 0.2) is 0 Å². The summed E-state index contributed by atoms with van der Waals surface area (Å²) in [6.07, 6.45) is 3.81. The van der Waals surface area contributed by atoms with Gasteiger partial charge in [-0.3, -0.25) is 4.79 Å². The van der Waals surface area contributed by atoms with Gasteiger partial charge >= 0.3 is 0 Å². The summed E-state index contributed by atoms with van der Waals surface area (Å²) in [6, 6.07) is 7.28. The van der Waals surface area contributed by atoms with Crippen molar-refractivity contribution >= 4 is 5.91 Å². The Morgan fingerprint density at radius 1 is 1.24 bits per heavy atom. The van der Waals surface area contributed by atoms with Crippen LogP contribution in [-0.2, 0) is 0 Å². The molecule has 0 spiro atoms. The predicted molar refractivity (Wildman–Crippen MR) is 84.7 cm³/mol. The largest absolute Gasteiger partial charge is 0.493 e. The average molecular weight is 293 g/mol. The van der Waals surface area contributed by atoms with E-state index in [2.05, 4.69) is 19.2 Å². The third kappa shape index (κ3) is 7.71. The number of hydrogen-bond donors (Lipinski definition) is 2. The Bertz CT molecular complexity index is 418. The van der Waals surface area contributed by atoms with Crippen molar-refractivity contribution in [1.82, 2.24) is 5.32 Å². The van der Waals surface area contributed by atoms with Crippen LogP contribution in [0.25, 0.3) is 0 Å². The SMILES string of the molecule is CC(C)COc1cccc(C(=O)NCCCCCCO)c1. The Hall–Kier alpha value is -1.55. The highest BCUT2D eigenvalue weighted by molar-refractivity contribution is 5.94. The van der Waals surface area contributed by atoms with E-state index in [1.165, 1.54) is 0 Å². The number of carbonyl (C=O) groups is 1. The minimum absolute atomic E-state index is 0.0628. The van der Waals surface area contributed by atoms with Crippen LogP contribution < -0.4 is 10.1 Å². The van der Waals surface area contributed by atoms with E-state index in [9.17, 15) is 4.79 Å². The maximum absolute atomic E-state index is 12.0. The third-order valence-electron chi connectivity index (χ3n) is 3.05. The summed E-state index contributed by atoms with van der Waals surface area (Å²) in [5.41, 5.74) is 0.631. The van der Waals surface area contributed by atoms with Gasteiger partial charge in [0.1, 0.15) is 5.75 Å². The molecule has 0 saturated carbocycles. The fourth-order valence-electron chi connectivity index (χ4n) is 1.88. The van der Waals surface area contributed by atoms with Gasteiger partial charge in [0.05, 0.1) is 6.61 Å². The monoisotopic (exact) mass is 293 g/mol. The molecule has 0 heterocycles. The molecule has 0 aromatic heterocycles. The molecule has 0 aliphatic rings. The molecule has 1 rings (SSSR count). The Balaban J connectivity index is 2.34. The molecule has 21 heavy (non-hydrogen) atoms. The van der Waals surface area contributed by atoms with Crippen LogP contribution in [0.15, 0.2) is 24.3 Å². The number of aliphatic hydroxyl groups is 1. The maximum Gasteiger partial charge on any atom is 0.251 e. The lowest BCUT2D eigenvalue weighted by molar-refractivity contribution is 0.0952. The third-order valence-corrected chi connectivity index (χ3v) is 3.05. The number of rotatable bonds is 10. The summed E-state index contributed by atoms with van der Waals surface area (Å²) in [5, 5.41) is 11.6. The van der Waals surface area contributed by atoms with Crippen LogP contribution in [-0.4, -0.2) is 30.8 Å². The predicted octanol–water partition coefficient (Wildman–Crippen LogP) is 3.00. The van der Waals surface area contributed by atoms with Gasteiger partial charge in [-0.15, -0.1) is 0 Å². The number of nitrogens with one attached hydrogen (secondary N) is 1. The van der Waals surface area contributed by atoms with Crippen LogP contribution in [0.5, 0.6) is 5.75 Å². The molecule has 4 heteroatoms. The van der Waals surface area contributed by atoms with E-state index in [4.69, 9.17) is 9.84 Å². The molecule has 1 amide bonds. The molecule has 0 atom stereocenters. The first-order chi connectivity index (χ1) is 10.1. The van der Waals surface area contributed by atoms with Crippen molar-refractivity contribution in [2.24, 2.45) is 5.92 Å². The van der Waals surface area contributed by atoms with Crippen molar-refractivity contribution in [3.63, 3.8) is 0 Å². The van der Waals surface area contributed by atoms with Crippen molar-refractivity contribution in [1.29, 1.82) is 0 Å². The summed E-state index contributed by atoms with van der Waals surface area (Å²) in [5.74, 6) is 1.13. The highest BCUT2D eigenvalue weighted by Gasteiger charge is 2.06. The lowest BCUT2D eigenvalue weighted by atomic mass is 10.1. The van der Waals surface area contributed by atoms with Crippen molar-refractivity contribution in [2.45, 2.75) is 39.5 Å². The minimum Gasteiger partial charge on any atom is -0.493 e. The van der Waals surface area contributed by atoms with E-state index in [0.29, 0.717) is 24.6 Å². The van der Waals surface area contributed by atoms with Gasteiger partial charge in [0.25, 0.3) is 5.91 Å². The summed E-state index contributed by atoms with van der Waals surface area (Å²) in [7, 11) is 0. The van der Waals surface area contributed by atoms with Crippen LogP contribution in [0, 0.1) is 5.92 Å². The first-order valence-corrected chi connectivity index (χ1v) is 7.75. The molecule has 0 bridgehead atoms. The van der Waals surface area contributed by atoms with Gasteiger partial charge in [0, 0.05) is 18.7 Å². The van der Waals surface area contributed by atoms with Crippen molar-refractivity contribution in [3.8, 4) is 5.75 Å². The quantitative estimate of drug-likeness (QED) is 0.652. The van der Waals surface area contributed by atoms with E-state index in [0.717, 1.165) is 31.4 Å². The molecule has 0 saturated heterocycles. The zero-order chi connectivity index (χ0) is 15.5. The van der Waals surface area contributed by atoms with E-state index < -0.39 is 0 Å². The van der Waals surface area contributed by atoms with Crippen LogP contribution in [0.3, 0.4) is 0 Å². The first kappa shape index (κ1) is 17.5. The molecule has 0 fully saturated rings. The molecular weight excluding hydrogens is 266 g/mol.